The highest BCUT2D eigenvalue weighted by atomic mass is 16.2. The molecule has 1 N–H and O–H groups in total. The van der Waals surface area contributed by atoms with E-state index in [2.05, 4.69) is 10.3 Å². The summed E-state index contributed by atoms with van der Waals surface area (Å²) >= 11 is 0. The van der Waals surface area contributed by atoms with Crippen LogP contribution in [-0.2, 0) is 13.1 Å². The molecule has 0 fully saturated rings. The summed E-state index contributed by atoms with van der Waals surface area (Å²) in [6, 6.07) is 24.8. The summed E-state index contributed by atoms with van der Waals surface area (Å²) in [4.78, 5) is 30.2. The number of pyridine rings is 2. The third-order valence-corrected chi connectivity index (χ3v) is 5.90. The highest BCUT2D eigenvalue weighted by molar-refractivity contribution is 5.93. The van der Waals surface area contributed by atoms with Crippen molar-refractivity contribution in [1.82, 2.24) is 24.6 Å². The Morgan fingerprint density at radius 1 is 0.944 bits per heavy atom. The third-order valence-electron chi connectivity index (χ3n) is 5.90. The number of hydrogen-bond donors (Lipinski definition) is 1. The maximum atomic E-state index is 13.1. The predicted octanol–water partition coefficient (Wildman–Crippen LogP) is 4.38. The van der Waals surface area contributed by atoms with Crippen LogP contribution in [0.15, 0.2) is 108 Å². The van der Waals surface area contributed by atoms with E-state index in [-0.39, 0.29) is 17.7 Å². The Morgan fingerprint density at radius 2 is 1.75 bits per heavy atom. The van der Waals surface area contributed by atoms with Gasteiger partial charge in [0.05, 0.1) is 17.9 Å². The molecule has 2 aromatic carbocycles. The van der Waals surface area contributed by atoms with E-state index in [1.165, 1.54) is 0 Å². The predicted molar refractivity (Wildman–Crippen MR) is 139 cm³/mol. The van der Waals surface area contributed by atoms with E-state index in [0.29, 0.717) is 6.54 Å². The lowest BCUT2D eigenvalue weighted by Crippen LogP contribution is -2.32. The number of benzene rings is 2. The van der Waals surface area contributed by atoms with Gasteiger partial charge in [-0.25, -0.2) is 4.68 Å². The molecule has 178 valence electrons. The van der Waals surface area contributed by atoms with E-state index in [4.69, 9.17) is 5.10 Å². The van der Waals surface area contributed by atoms with E-state index in [1.807, 2.05) is 79.9 Å². The number of amides is 1. The smallest absolute Gasteiger partial charge is 0.263 e. The van der Waals surface area contributed by atoms with Crippen molar-refractivity contribution in [2.24, 2.45) is 0 Å². The van der Waals surface area contributed by atoms with Gasteiger partial charge in [0.2, 0.25) is 0 Å². The zero-order chi connectivity index (χ0) is 24.9. The zero-order valence-corrected chi connectivity index (χ0v) is 19.8. The minimum Gasteiger partial charge on any atom is -0.348 e. The summed E-state index contributed by atoms with van der Waals surface area (Å²) in [5.74, 6) is -0.424. The summed E-state index contributed by atoms with van der Waals surface area (Å²) in [6.07, 6.45) is 7.01. The second-order valence-corrected chi connectivity index (χ2v) is 8.55. The molecule has 0 aliphatic carbocycles. The fourth-order valence-corrected chi connectivity index (χ4v) is 4.12. The molecule has 0 spiro atoms. The first-order valence-corrected chi connectivity index (χ1v) is 11.7. The lowest BCUT2D eigenvalue weighted by Gasteiger charge is -2.10. The first-order valence-electron chi connectivity index (χ1n) is 11.7. The van der Waals surface area contributed by atoms with Crippen LogP contribution < -0.4 is 10.9 Å². The van der Waals surface area contributed by atoms with Gasteiger partial charge in [0.25, 0.3) is 11.5 Å². The van der Waals surface area contributed by atoms with Gasteiger partial charge in [0, 0.05) is 42.5 Å². The molecule has 0 atom stereocenters. The van der Waals surface area contributed by atoms with E-state index in [1.54, 1.807) is 40.0 Å². The largest absolute Gasteiger partial charge is 0.348 e. The van der Waals surface area contributed by atoms with Gasteiger partial charge < -0.3 is 9.88 Å². The molecule has 5 aromatic rings. The molecule has 0 aliphatic rings. The lowest BCUT2D eigenvalue weighted by atomic mass is 10.1. The van der Waals surface area contributed by atoms with Gasteiger partial charge in [-0.2, -0.15) is 5.10 Å². The molecule has 1 amide bonds. The normalized spacial score (nSPS) is 10.8. The molecule has 0 saturated heterocycles. The second-order valence-electron chi connectivity index (χ2n) is 8.55. The summed E-state index contributed by atoms with van der Waals surface area (Å²) in [5, 5.41) is 7.67. The van der Waals surface area contributed by atoms with Crippen molar-refractivity contribution in [2.75, 3.05) is 0 Å². The highest BCUT2D eigenvalue weighted by Crippen LogP contribution is 2.23. The standard InChI is InChI=1S/C29H25N5O2/c1-21-7-5-8-22(17-21)19-33-16-6-11-26(29(33)36)28(35)31-18-24-20-34(25-9-3-2-4-10-25)32-27(24)23-12-14-30-15-13-23/h2-17,20H,18-19H2,1H3,(H,31,35). The molecule has 0 saturated carbocycles. The van der Waals surface area contributed by atoms with Gasteiger partial charge in [-0.3, -0.25) is 14.6 Å². The average Bonchev–Trinajstić information content (AvgIpc) is 3.34. The Morgan fingerprint density at radius 3 is 2.53 bits per heavy atom. The maximum Gasteiger partial charge on any atom is 0.263 e. The van der Waals surface area contributed by atoms with Crippen molar-refractivity contribution >= 4 is 5.91 Å². The van der Waals surface area contributed by atoms with Gasteiger partial charge in [0.1, 0.15) is 5.56 Å². The number of hydrogen-bond acceptors (Lipinski definition) is 4. The minimum atomic E-state index is -0.424. The Labute approximate surface area is 208 Å². The average molecular weight is 476 g/mol. The fraction of sp³-hybridized carbons (Fsp3) is 0.103. The van der Waals surface area contributed by atoms with Crippen LogP contribution in [0.4, 0.5) is 0 Å². The van der Waals surface area contributed by atoms with Crippen LogP contribution in [0.2, 0.25) is 0 Å². The fourth-order valence-electron chi connectivity index (χ4n) is 4.12. The zero-order valence-electron chi connectivity index (χ0n) is 19.8. The van der Waals surface area contributed by atoms with Crippen molar-refractivity contribution in [3.8, 4) is 16.9 Å². The summed E-state index contributed by atoms with van der Waals surface area (Å²) in [5.41, 5.74) is 5.27. The summed E-state index contributed by atoms with van der Waals surface area (Å²) in [7, 11) is 0. The van der Waals surface area contributed by atoms with E-state index < -0.39 is 5.91 Å². The van der Waals surface area contributed by atoms with Crippen molar-refractivity contribution in [3.63, 3.8) is 0 Å². The Kier molecular flexibility index (Phi) is 6.53. The van der Waals surface area contributed by atoms with Crippen LogP contribution in [0.25, 0.3) is 16.9 Å². The molecule has 5 rings (SSSR count). The molecule has 0 unspecified atom stereocenters. The molecule has 36 heavy (non-hydrogen) atoms. The molecular formula is C29H25N5O2. The molecular weight excluding hydrogens is 450 g/mol. The first kappa shape index (κ1) is 23.0. The SMILES string of the molecule is Cc1cccc(Cn2cccc(C(=O)NCc3cn(-c4ccccc4)nc3-c3ccncc3)c2=O)c1. The Bertz CT molecular complexity index is 1560. The molecule has 3 aromatic heterocycles. The molecule has 0 bridgehead atoms. The topological polar surface area (TPSA) is 81.8 Å². The van der Waals surface area contributed by atoms with Crippen molar-refractivity contribution in [1.29, 1.82) is 0 Å². The van der Waals surface area contributed by atoms with Gasteiger partial charge in [-0.15, -0.1) is 0 Å². The number of carbonyl (C=O) groups is 1. The molecule has 3 heterocycles. The van der Waals surface area contributed by atoms with Crippen LogP contribution in [0.3, 0.4) is 0 Å². The quantitative estimate of drug-likeness (QED) is 0.379. The van der Waals surface area contributed by atoms with Crippen molar-refractivity contribution in [2.45, 2.75) is 20.0 Å². The number of rotatable bonds is 7. The summed E-state index contributed by atoms with van der Waals surface area (Å²) in [6.45, 7) is 2.63. The maximum absolute atomic E-state index is 13.1. The van der Waals surface area contributed by atoms with E-state index >= 15 is 0 Å². The summed E-state index contributed by atoms with van der Waals surface area (Å²) < 4.78 is 3.34. The monoisotopic (exact) mass is 475 g/mol. The second kappa shape index (κ2) is 10.2. The van der Waals surface area contributed by atoms with Crippen LogP contribution in [0, 0.1) is 6.92 Å². The van der Waals surface area contributed by atoms with Crippen LogP contribution in [-0.4, -0.2) is 25.2 Å². The highest BCUT2D eigenvalue weighted by Gasteiger charge is 2.16. The lowest BCUT2D eigenvalue weighted by molar-refractivity contribution is 0.0949. The third kappa shape index (κ3) is 5.00. The van der Waals surface area contributed by atoms with Gasteiger partial charge in [-0.05, 0) is 48.9 Å². The van der Waals surface area contributed by atoms with Gasteiger partial charge in [0.15, 0.2) is 0 Å². The molecule has 7 nitrogen and oxygen atoms in total. The molecule has 0 radical (unpaired) electrons. The van der Waals surface area contributed by atoms with Gasteiger partial charge in [-0.1, -0.05) is 48.0 Å². The minimum absolute atomic E-state index is 0.103. The number of aryl methyl sites for hydroxylation is 1. The first-order chi connectivity index (χ1) is 17.6. The number of para-hydroxylation sites is 1. The van der Waals surface area contributed by atoms with E-state index in [9.17, 15) is 9.59 Å². The van der Waals surface area contributed by atoms with Crippen LogP contribution in [0.1, 0.15) is 27.0 Å². The Balaban J connectivity index is 1.39. The molecule has 7 heteroatoms. The van der Waals surface area contributed by atoms with Gasteiger partial charge >= 0.3 is 0 Å². The number of nitrogens with one attached hydrogen (secondary N) is 1. The Hall–Kier alpha value is -4.78. The van der Waals surface area contributed by atoms with E-state index in [0.717, 1.165) is 33.6 Å². The number of nitrogens with zero attached hydrogens (tertiary/aromatic N) is 4. The van der Waals surface area contributed by atoms with Crippen molar-refractivity contribution < 1.29 is 4.79 Å². The number of carbonyl (C=O) groups excluding carboxylic acids is 1. The van der Waals surface area contributed by atoms with Crippen LogP contribution in [0.5, 0.6) is 0 Å². The van der Waals surface area contributed by atoms with Crippen LogP contribution >= 0.6 is 0 Å². The molecule has 0 aliphatic heterocycles. The number of aromatic nitrogens is 4. The van der Waals surface area contributed by atoms with Crippen molar-refractivity contribution in [3.05, 3.63) is 136 Å².